The Labute approximate surface area is 118 Å². The van der Waals surface area contributed by atoms with E-state index in [1.54, 1.807) is 0 Å². The summed E-state index contributed by atoms with van der Waals surface area (Å²) in [5.41, 5.74) is 1.95. The van der Waals surface area contributed by atoms with Gasteiger partial charge in [-0.3, -0.25) is 9.48 Å². The van der Waals surface area contributed by atoms with Crippen molar-refractivity contribution in [3.8, 4) is 0 Å². The number of hydrogen-bond donors (Lipinski definition) is 0. The summed E-state index contributed by atoms with van der Waals surface area (Å²) in [4.78, 5) is 12.2. The van der Waals surface area contributed by atoms with Crippen LogP contribution in [0.4, 0.5) is 0 Å². The maximum Gasteiger partial charge on any atom is 0.141 e. The second-order valence-electron chi connectivity index (χ2n) is 5.50. The van der Waals surface area contributed by atoms with E-state index in [2.05, 4.69) is 5.10 Å². The van der Waals surface area contributed by atoms with Crippen LogP contribution in [0.2, 0.25) is 0 Å². The summed E-state index contributed by atoms with van der Waals surface area (Å²) in [5.74, 6) is 0.223. The Morgan fingerprint density at radius 3 is 3.05 bits per heavy atom. The first-order valence-corrected chi connectivity index (χ1v) is 7.28. The molecule has 2 heterocycles. The van der Waals surface area contributed by atoms with Crippen molar-refractivity contribution in [1.82, 2.24) is 9.78 Å². The average molecular weight is 272 g/mol. The van der Waals surface area contributed by atoms with E-state index in [0.29, 0.717) is 12.8 Å². The van der Waals surface area contributed by atoms with Crippen LogP contribution >= 0.6 is 0 Å². The standard InChI is InChI=1S/C16H20N2O2/c1-18-16-8-3-2-7-14(16)15(17-18)11-12(19)10-13-6-4-5-9-20-13/h2-3,7-8,13H,4-6,9-11H2,1H3. The third-order valence-electron chi connectivity index (χ3n) is 3.93. The fourth-order valence-corrected chi connectivity index (χ4v) is 2.90. The molecular formula is C16H20N2O2. The molecule has 0 aliphatic carbocycles. The topological polar surface area (TPSA) is 44.1 Å². The van der Waals surface area contributed by atoms with Crippen molar-refractivity contribution in [1.29, 1.82) is 0 Å². The van der Waals surface area contributed by atoms with E-state index < -0.39 is 0 Å². The Morgan fingerprint density at radius 1 is 1.40 bits per heavy atom. The zero-order valence-corrected chi connectivity index (χ0v) is 11.8. The Kier molecular flexibility index (Phi) is 3.83. The molecule has 20 heavy (non-hydrogen) atoms. The Balaban J connectivity index is 1.71. The lowest BCUT2D eigenvalue weighted by Gasteiger charge is -2.21. The first-order valence-electron chi connectivity index (χ1n) is 7.28. The van der Waals surface area contributed by atoms with E-state index in [1.165, 1.54) is 6.42 Å². The lowest BCUT2D eigenvalue weighted by molar-refractivity contribution is -0.122. The fraction of sp³-hybridized carbons (Fsp3) is 0.500. The average Bonchev–Trinajstić information content (AvgIpc) is 2.77. The first kappa shape index (κ1) is 13.3. The number of aryl methyl sites for hydroxylation is 1. The summed E-state index contributed by atoms with van der Waals surface area (Å²) in [5, 5.41) is 5.55. The molecular weight excluding hydrogens is 252 g/mol. The molecule has 1 aromatic heterocycles. The molecule has 1 fully saturated rings. The Morgan fingerprint density at radius 2 is 2.25 bits per heavy atom. The van der Waals surface area contributed by atoms with Gasteiger partial charge in [-0.25, -0.2) is 0 Å². The van der Waals surface area contributed by atoms with Crippen molar-refractivity contribution in [3.05, 3.63) is 30.0 Å². The van der Waals surface area contributed by atoms with Gasteiger partial charge in [-0.15, -0.1) is 0 Å². The van der Waals surface area contributed by atoms with E-state index in [9.17, 15) is 4.79 Å². The number of benzene rings is 1. The van der Waals surface area contributed by atoms with E-state index in [0.717, 1.165) is 36.0 Å². The molecule has 1 aliphatic heterocycles. The first-order chi connectivity index (χ1) is 9.74. The highest BCUT2D eigenvalue weighted by Gasteiger charge is 2.19. The molecule has 0 saturated carbocycles. The van der Waals surface area contributed by atoms with Crippen molar-refractivity contribution in [3.63, 3.8) is 0 Å². The number of Topliss-reactive ketones (excluding diaryl/α,β-unsaturated/α-hetero) is 1. The zero-order chi connectivity index (χ0) is 13.9. The quantitative estimate of drug-likeness (QED) is 0.859. The molecule has 1 aromatic carbocycles. The van der Waals surface area contributed by atoms with Crippen LogP contribution in [-0.4, -0.2) is 28.3 Å². The van der Waals surface area contributed by atoms with Gasteiger partial charge in [0.05, 0.1) is 23.7 Å². The number of fused-ring (bicyclic) bond motifs is 1. The van der Waals surface area contributed by atoms with Crippen LogP contribution in [-0.2, 0) is 23.0 Å². The zero-order valence-electron chi connectivity index (χ0n) is 11.8. The van der Waals surface area contributed by atoms with E-state index in [1.807, 2.05) is 36.0 Å². The number of carbonyl (C=O) groups is 1. The second kappa shape index (κ2) is 5.75. The number of hydrogen-bond acceptors (Lipinski definition) is 3. The number of nitrogens with zero attached hydrogens (tertiary/aromatic N) is 2. The van der Waals surface area contributed by atoms with Crippen molar-refractivity contribution >= 4 is 16.7 Å². The van der Waals surface area contributed by atoms with Gasteiger partial charge in [0.1, 0.15) is 5.78 Å². The molecule has 1 aliphatic rings. The van der Waals surface area contributed by atoms with Crippen LogP contribution in [0.1, 0.15) is 31.4 Å². The number of carbonyl (C=O) groups excluding carboxylic acids is 1. The summed E-state index contributed by atoms with van der Waals surface area (Å²) >= 11 is 0. The van der Waals surface area contributed by atoms with E-state index in [-0.39, 0.29) is 11.9 Å². The number of ether oxygens (including phenoxy) is 1. The van der Waals surface area contributed by atoms with Gasteiger partial charge >= 0.3 is 0 Å². The highest BCUT2D eigenvalue weighted by atomic mass is 16.5. The van der Waals surface area contributed by atoms with E-state index >= 15 is 0 Å². The van der Waals surface area contributed by atoms with Gasteiger partial charge in [-0.05, 0) is 25.3 Å². The van der Waals surface area contributed by atoms with Crippen molar-refractivity contribution in [2.45, 2.75) is 38.2 Å². The van der Waals surface area contributed by atoms with Gasteiger partial charge in [0.15, 0.2) is 0 Å². The molecule has 0 spiro atoms. The number of para-hydroxylation sites is 1. The van der Waals surface area contributed by atoms with Crippen molar-refractivity contribution < 1.29 is 9.53 Å². The monoisotopic (exact) mass is 272 g/mol. The summed E-state index contributed by atoms with van der Waals surface area (Å²) in [6, 6.07) is 8.04. The molecule has 1 saturated heterocycles. The molecule has 0 N–H and O–H groups in total. The van der Waals surface area contributed by atoms with E-state index in [4.69, 9.17) is 4.74 Å². The van der Waals surface area contributed by atoms with Gasteiger partial charge in [0.25, 0.3) is 0 Å². The number of aromatic nitrogens is 2. The molecule has 0 radical (unpaired) electrons. The fourth-order valence-electron chi connectivity index (χ4n) is 2.90. The SMILES string of the molecule is Cn1nc(CC(=O)CC2CCCCO2)c2ccccc21. The third-order valence-corrected chi connectivity index (χ3v) is 3.93. The number of rotatable bonds is 4. The maximum atomic E-state index is 12.2. The highest BCUT2D eigenvalue weighted by molar-refractivity contribution is 5.88. The predicted molar refractivity (Wildman–Crippen MR) is 77.6 cm³/mol. The minimum absolute atomic E-state index is 0.117. The van der Waals surface area contributed by atoms with Crippen LogP contribution in [0, 0.1) is 0 Å². The predicted octanol–water partition coefficient (Wildman–Crippen LogP) is 2.64. The lowest BCUT2D eigenvalue weighted by atomic mass is 10.0. The summed E-state index contributed by atoms with van der Waals surface area (Å²) < 4.78 is 7.47. The molecule has 4 nitrogen and oxygen atoms in total. The molecule has 0 bridgehead atoms. The van der Waals surface area contributed by atoms with Crippen molar-refractivity contribution in [2.75, 3.05) is 6.61 Å². The smallest absolute Gasteiger partial charge is 0.141 e. The molecule has 106 valence electrons. The van der Waals surface area contributed by atoms with Crippen LogP contribution in [0.5, 0.6) is 0 Å². The summed E-state index contributed by atoms with van der Waals surface area (Å²) in [6.07, 6.45) is 4.34. The number of ketones is 1. The molecule has 1 unspecified atom stereocenters. The second-order valence-corrected chi connectivity index (χ2v) is 5.50. The molecule has 4 heteroatoms. The molecule has 2 aromatic rings. The lowest BCUT2D eigenvalue weighted by Crippen LogP contribution is -2.23. The minimum atomic E-state index is 0.117. The molecule has 1 atom stereocenters. The molecule has 3 rings (SSSR count). The maximum absolute atomic E-state index is 12.2. The van der Waals surface area contributed by atoms with Gasteiger partial charge in [0, 0.05) is 25.5 Å². The summed E-state index contributed by atoms with van der Waals surface area (Å²) in [6.45, 7) is 0.796. The Hall–Kier alpha value is -1.68. The Bertz CT molecular complexity index is 612. The van der Waals surface area contributed by atoms with Gasteiger partial charge in [0.2, 0.25) is 0 Å². The largest absolute Gasteiger partial charge is 0.378 e. The van der Waals surface area contributed by atoms with Crippen LogP contribution < -0.4 is 0 Å². The highest BCUT2D eigenvalue weighted by Crippen LogP contribution is 2.20. The van der Waals surface area contributed by atoms with Crippen molar-refractivity contribution in [2.24, 2.45) is 7.05 Å². The van der Waals surface area contributed by atoms with Gasteiger partial charge in [-0.2, -0.15) is 5.10 Å². The van der Waals surface area contributed by atoms with Crippen LogP contribution in [0.15, 0.2) is 24.3 Å². The van der Waals surface area contributed by atoms with Crippen LogP contribution in [0.25, 0.3) is 10.9 Å². The minimum Gasteiger partial charge on any atom is -0.378 e. The summed E-state index contributed by atoms with van der Waals surface area (Å²) in [7, 11) is 1.92. The third kappa shape index (κ3) is 2.75. The van der Waals surface area contributed by atoms with Gasteiger partial charge < -0.3 is 4.74 Å². The van der Waals surface area contributed by atoms with Gasteiger partial charge in [-0.1, -0.05) is 18.2 Å². The molecule has 0 amide bonds. The van der Waals surface area contributed by atoms with Crippen LogP contribution in [0.3, 0.4) is 0 Å². The normalized spacial score (nSPS) is 19.4.